The second-order valence-electron chi connectivity index (χ2n) is 7.17. The van der Waals surface area contributed by atoms with Crippen LogP contribution in [0.15, 0.2) is 36.4 Å². The molecule has 0 fully saturated rings. The number of anilines is 2. The standard InChI is InChI=1S/C22H19Cl2N3O4S/c1-11(31-17-7-5-14(23)9-15(17)24)21(29)26-22-25-20(12(2)32-22)13-4-6-18-16(8-13)27(3)19(28)10-30-18/h4-9,11H,10H2,1-3H3,(H,25,26,29). The highest BCUT2D eigenvalue weighted by molar-refractivity contribution is 7.16. The number of halogens is 2. The Bertz CT molecular complexity index is 1210. The first-order valence-electron chi connectivity index (χ1n) is 9.66. The SMILES string of the molecule is Cc1sc(NC(=O)C(C)Oc2ccc(Cl)cc2Cl)nc1-c1ccc2c(c1)N(C)C(=O)CO2. The van der Waals surface area contributed by atoms with Crippen LogP contribution in [0.2, 0.25) is 10.0 Å². The van der Waals surface area contributed by atoms with Gasteiger partial charge in [0.05, 0.1) is 16.4 Å². The Morgan fingerprint density at radius 2 is 2.06 bits per heavy atom. The maximum Gasteiger partial charge on any atom is 0.266 e. The first-order valence-corrected chi connectivity index (χ1v) is 11.2. The number of nitrogens with zero attached hydrogens (tertiary/aromatic N) is 2. The van der Waals surface area contributed by atoms with Crippen LogP contribution in [0.3, 0.4) is 0 Å². The molecule has 0 saturated carbocycles. The average Bonchev–Trinajstić information content (AvgIpc) is 3.12. The van der Waals surface area contributed by atoms with Crippen LogP contribution in [0.4, 0.5) is 10.8 Å². The highest BCUT2D eigenvalue weighted by Crippen LogP contribution is 2.38. The topological polar surface area (TPSA) is 80.8 Å². The summed E-state index contributed by atoms with van der Waals surface area (Å²) in [4.78, 5) is 31.6. The van der Waals surface area contributed by atoms with Gasteiger partial charge in [-0.3, -0.25) is 14.9 Å². The molecule has 2 amide bonds. The van der Waals surface area contributed by atoms with Crippen LogP contribution in [0.1, 0.15) is 11.8 Å². The van der Waals surface area contributed by atoms with E-state index in [4.69, 9.17) is 32.7 Å². The monoisotopic (exact) mass is 491 g/mol. The molecule has 2 aromatic carbocycles. The van der Waals surface area contributed by atoms with Crippen molar-refractivity contribution in [2.75, 3.05) is 23.9 Å². The summed E-state index contributed by atoms with van der Waals surface area (Å²) in [7, 11) is 1.71. The number of ether oxygens (including phenoxy) is 2. The van der Waals surface area contributed by atoms with Gasteiger partial charge in [0.15, 0.2) is 17.8 Å². The van der Waals surface area contributed by atoms with Gasteiger partial charge in [-0.25, -0.2) is 4.98 Å². The van der Waals surface area contributed by atoms with Crippen molar-refractivity contribution in [3.8, 4) is 22.8 Å². The summed E-state index contributed by atoms with van der Waals surface area (Å²) in [6.07, 6.45) is -0.804. The quantitative estimate of drug-likeness (QED) is 0.531. The van der Waals surface area contributed by atoms with Crippen LogP contribution in [-0.2, 0) is 9.59 Å². The molecule has 0 saturated heterocycles. The molecular formula is C22H19Cl2N3O4S. The summed E-state index contributed by atoms with van der Waals surface area (Å²) in [5.74, 6) is 0.529. The first-order chi connectivity index (χ1) is 15.2. The van der Waals surface area contributed by atoms with E-state index in [9.17, 15) is 9.59 Å². The zero-order valence-electron chi connectivity index (χ0n) is 17.4. The molecule has 1 N–H and O–H groups in total. The van der Waals surface area contributed by atoms with Gasteiger partial charge in [-0.2, -0.15) is 0 Å². The van der Waals surface area contributed by atoms with E-state index < -0.39 is 6.10 Å². The van der Waals surface area contributed by atoms with Crippen LogP contribution >= 0.6 is 34.5 Å². The molecule has 3 aromatic rings. The van der Waals surface area contributed by atoms with Gasteiger partial charge >= 0.3 is 0 Å². The van der Waals surface area contributed by atoms with Crippen LogP contribution in [-0.4, -0.2) is 36.6 Å². The molecule has 0 bridgehead atoms. The fourth-order valence-corrected chi connectivity index (χ4v) is 4.45. The second-order valence-corrected chi connectivity index (χ2v) is 9.22. The molecule has 32 heavy (non-hydrogen) atoms. The van der Waals surface area contributed by atoms with Gasteiger partial charge in [0.1, 0.15) is 11.5 Å². The highest BCUT2D eigenvalue weighted by atomic mass is 35.5. The summed E-state index contributed by atoms with van der Waals surface area (Å²) in [6.45, 7) is 3.56. The molecule has 7 nitrogen and oxygen atoms in total. The highest BCUT2D eigenvalue weighted by Gasteiger charge is 2.24. The number of thiazole rings is 1. The minimum absolute atomic E-state index is 0.0241. The summed E-state index contributed by atoms with van der Waals surface area (Å²) in [5, 5.41) is 4.03. The number of likely N-dealkylation sites (N-methyl/N-ethyl adjacent to an activating group) is 1. The number of benzene rings is 2. The third kappa shape index (κ3) is 4.53. The lowest BCUT2D eigenvalue weighted by atomic mass is 10.1. The van der Waals surface area contributed by atoms with Gasteiger partial charge < -0.3 is 14.4 Å². The van der Waals surface area contributed by atoms with Gasteiger partial charge in [-0.15, -0.1) is 11.3 Å². The van der Waals surface area contributed by atoms with Gasteiger partial charge in [0, 0.05) is 22.5 Å². The summed E-state index contributed by atoms with van der Waals surface area (Å²) in [6, 6.07) is 10.4. The van der Waals surface area contributed by atoms with E-state index in [1.165, 1.54) is 11.3 Å². The van der Waals surface area contributed by atoms with E-state index in [0.29, 0.717) is 38.1 Å². The lowest BCUT2D eigenvalue weighted by Crippen LogP contribution is -2.35. The Morgan fingerprint density at radius 1 is 1.28 bits per heavy atom. The Kier molecular flexibility index (Phi) is 6.28. The number of fused-ring (bicyclic) bond motifs is 1. The van der Waals surface area contributed by atoms with Crippen molar-refractivity contribution >= 4 is 57.2 Å². The number of carbonyl (C=O) groups is 2. The lowest BCUT2D eigenvalue weighted by Gasteiger charge is -2.26. The van der Waals surface area contributed by atoms with E-state index >= 15 is 0 Å². The molecule has 2 heterocycles. The molecule has 4 rings (SSSR count). The Balaban J connectivity index is 1.50. The third-order valence-electron chi connectivity index (χ3n) is 4.91. The molecule has 0 radical (unpaired) electrons. The maximum atomic E-state index is 12.6. The minimum atomic E-state index is -0.804. The number of hydrogen-bond donors (Lipinski definition) is 1. The van der Waals surface area contributed by atoms with Crippen molar-refractivity contribution in [2.24, 2.45) is 0 Å². The summed E-state index contributed by atoms with van der Waals surface area (Å²) >= 11 is 13.4. The molecular weight excluding hydrogens is 473 g/mol. The molecule has 10 heteroatoms. The number of aromatic nitrogens is 1. The first kappa shape index (κ1) is 22.4. The van der Waals surface area contributed by atoms with Crippen molar-refractivity contribution in [1.82, 2.24) is 4.98 Å². The van der Waals surface area contributed by atoms with Gasteiger partial charge in [-0.05, 0) is 50.2 Å². The van der Waals surface area contributed by atoms with Crippen LogP contribution in [0.25, 0.3) is 11.3 Å². The minimum Gasteiger partial charge on any atom is -0.482 e. The zero-order valence-corrected chi connectivity index (χ0v) is 19.8. The smallest absolute Gasteiger partial charge is 0.266 e. The lowest BCUT2D eigenvalue weighted by molar-refractivity contribution is -0.122. The normalized spacial score (nSPS) is 13.9. The van der Waals surface area contributed by atoms with E-state index in [1.54, 1.807) is 37.1 Å². The van der Waals surface area contributed by atoms with Crippen LogP contribution in [0, 0.1) is 6.92 Å². The van der Waals surface area contributed by atoms with Crippen molar-refractivity contribution in [2.45, 2.75) is 20.0 Å². The van der Waals surface area contributed by atoms with Crippen molar-refractivity contribution in [1.29, 1.82) is 0 Å². The van der Waals surface area contributed by atoms with Crippen molar-refractivity contribution in [3.63, 3.8) is 0 Å². The van der Waals surface area contributed by atoms with E-state index in [1.807, 2.05) is 25.1 Å². The van der Waals surface area contributed by atoms with Gasteiger partial charge in [-0.1, -0.05) is 23.2 Å². The maximum absolute atomic E-state index is 12.6. The molecule has 0 aliphatic carbocycles. The third-order valence-corrected chi connectivity index (χ3v) is 6.33. The van der Waals surface area contributed by atoms with E-state index in [2.05, 4.69) is 10.3 Å². The number of rotatable bonds is 5. The van der Waals surface area contributed by atoms with Gasteiger partial charge in [0.25, 0.3) is 11.8 Å². The molecule has 1 aromatic heterocycles. The van der Waals surface area contributed by atoms with Crippen LogP contribution < -0.4 is 19.7 Å². The molecule has 166 valence electrons. The second kappa shape index (κ2) is 8.97. The number of nitrogens with one attached hydrogen (secondary N) is 1. The average molecular weight is 492 g/mol. The number of amides is 2. The molecule has 1 atom stereocenters. The molecule has 1 aliphatic rings. The van der Waals surface area contributed by atoms with E-state index in [-0.39, 0.29) is 18.4 Å². The predicted molar refractivity (Wildman–Crippen MR) is 126 cm³/mol. The number of carbonyl (C=O) groups excluding carboxylic acids is 2. The predicted octanol–water partition coefficient (Wildman–Crippen LogP) is 5.19. The van der Waals surface area contributed by atoms with E-state index in [0.717, 1.165) is 10.4 Å². The summed E-state index contributed by atoms with van der Waals surface area (Å²) in [5.41, 5.74) is 2.22. The Morgan fingerprint density at radius 3 is 2.81 bits per heavy atom. The summed E-state index contributed by atoms with van der Waals surface area (Å²) < 4.78 is 11.1. The molecule has 1 unspecified atom stereocenters. The molecule has 0 spiro atoms. The van der Waals surface area contributed by atoms with Gasteiger partial charge in [0.2, 0.25) is 0 Å². The fraction of sp³-hybridized carbons (Fsp3) is 0.227. The fourth-order valence-electron chi connectivity index (χ4n) is 3.16. The Hall–Kier alpha value is -2.81. The Labute approximate surface area is 198 Å². The largest absolute Gasteiger partial charge is 0.482 e. The number of hydrogen-bond acceptors (Lipinski definition) is 6. The number of aryl methyl sites for hydroxylation is 1. The van der Waals surface area contributed by atoms with Crippen molar-refractivity contribution < 1.29 is 19.1 Å². The van der Waals surface area contributed by atoms with Crippen molar-refractivity contribution in [3.05, 3.63) is 51.3 Å². The zero-order chi connectivity index (χ0) is 23.0. The van der Waals surface area contributed by atoms with Crippen LogP contribution in [0.5, 0.6) is 11.5 Å². The molecule has 1 aliphatic heterocycles.